The molecule has 0 bridgehead atoms. The number of benzene rings is 2. The van der Waals surface area contributed by atoms with Gasteiger partial charge in [-0.3, -0.25) is 0 Å². The van der Waals surface area contributed by atoms with Crippen LogP contribution in [0.15, 0.2) is 66.6 Å². The molecule has 0 radical (unpaired) electrons. The molecule has 0 aliphatic rings. The van der Waals surface area contributed by atoms with Gasteiger partial charge in [0.25, 0.3) is 0 Å². The lowest BCUT2D eigenvalue weighted by Crippen LogP contribution is -2.24. The molecule has 31 heavy (non-hydrogen) atoms. The fraction of sp³-hybridized carbons (Fsp3) is 0.174. The molecular weight excluding hydrogens is 416 g/mol. The highest BCUT2D eigenvalue weighted by Gasteiger charge is 2.25. The van der Waals surface area contributed by atoms with E-state index in [1.54, 1.807) is 7.05 Å². The molecule has 0 aliphatic carbocycles. The number of esters is 2. The van der Waals surface area contributed by atoms with E-state index in [9.17, 15) is 9.59 Å². The third kappa shape index (κ3) is 4.75. The summed E-state index contributed by atoms with van der Waals surface area (Å²) in [5.74, 6) is -1.09. The molecule has 1 aromatic heterocycles. The number of carbonyl (C=O) groups is 2. The number of anilines is 1. The number of rotatable bonds is 7. The van der Waals surface area contributed by atoms with Crippen LogP contribution in [-0.2, 0) is 19.0 Å². The number of thiazole rings is 1. The van der Waals surface area contributed by atoms with Crippen molar-refractivity contribution in [2.45, 2.75) is 0 Å². The average Bonchev–Trinajstić information content (AvgIpc) is 3.27. The van der Waals surface area contributed by atoms with E-state index in [0.29, 0.717) is 15.7 Å². The van der Waals surface area contributed by atoms with E-state index in [1.807, 2.05) is 54.6 Å². The second-order valence-corrected chi connectivity index (χ2v) is 7.38. The fourth-order valence-corrected chi connectivity index (χ4v) is 3.90. The van der Waals surface area contributed by atoms with Crippen molar-refractivity contribution in [3.63, 3.8) is 0 Å². The number of ether oxygens (including phenoxy) is 3. The summed E-state index contributed by atoms with van der Waals surface area (Å²) in [4.78, 5) is 31.0. The minimum Gasteiger partial charge on any atom is -0.502 e. The average molecular weight is 439 g/mol. The first-order valence-electron chi connectivity index (χ1n) is 9.30. The van der Waals surface area contributed by atoms with Gasteiger partial charge >= 0.3 is 11.9 Å². The standard InChI is InChI=1S/C23H22N2O5S/c1-25(18(14-28-2)21(26)29-3)23-24-19(20(31-23)22(27)30-4)17-12-10-16(11-13-17)15-8-6-5-7-9-15/h5-14H,1-4H3. The molecule has 0 unspecified atom stereocenters. The molecule has 1 heterocycles. The van der Waals surface area contributed by atoms with Gasteiger partial charge in [0, 0.05) is 12.6 Å². The van der Waals surface area contributed by atoms with Crippen molar-refractivity contribution in [1.82, 2.24) is 4.98 Å². The third-order valence-corrected chi connectivity index (χ3v) is 5.64. The number of hydrogen-bond donors (Lipinski definition) is 0. The van der Waals surface area contributed by atoms with Gasteiger partial charge in [-0.1, -0.05) is 65.9 Å². The molecule has 3 rings (SSSR count). The summed E-state index contributed by atoms with van der Waals surface area (Å²) in [5.41, 5.74) is 3.51. The number of likely N-dealkylation sites (N-methyl/N-ethyl adjacent to an activating group) is 1. The molecule has 2 aromatic carbocycles. The third-order valence-electron chi connectivity index (χ3n) is 4.52. The molecular formula is C23H22N2O5S. The molecule has 160 valence electrons. The molecule has 3 aromatic rings. The predicted octanol–water partition coefficient (Wildman–Crippen LogP) is 4.36. The maximum absolute atomic E-state index is 12.4. The predicted molar refractivity (Wildman–Crippen MR) is 120 cm³/mol. The summed E-state index contributed by atoms with van der Waals surface area (Å²) in [6.45, 7) is 0. The van der Waals surface area contributed by atoms with Crippen LogP contribution in [0.4, 0.5) is 5.13 Å². The summed E-state index contributed by atoms with van der Waals surface area (Å²) in [5, 5.41) is 0.413. The Kier molecular flexibility index (Phi) is 7.04. The van der Waals surface area contributed by atoms with Gasteiger partial charge in [-0.25, -0.2) is 14.6 Å². The lowest BCUT2D eigenvalue weighted by molar-refractivity contribution is -0.136. The monoisotopic (exact) mass is 438 g/mol. The second kappa shape index (κ2) is 9.90. The van der Waals surface area contributed by atoms with Crippen molar-refractivity contribution in [2.24, 2.45) is 0 Å². The Morgan fingerprint density at radius 2 is 1.52 bits per heavy atom. The van der Waals surface area contributed by atoms with Gasteiger partial charge in [0.2, 0.25) is 0 Å². The van der Waals surface area contributed by atoms with Crippen molar-refractivity contribution in [3.8, 4) is 22.4 Å². The first kappa shape index (κ1) is 22.0. The van der Waals surface area contributed by atoms with E-state index < -0.39 is 11.9 Å². The van der Waals surface area contributed by atoms with E-state index in [-0.39, 0.29) is 5.70 Å². The number of aromatic nitrogens is 1. The Hall–Kier alpha value is -3.65. The minimum absolute atomic E-state index is 0.140. The quantitative estimate of drug-likeness (QED) is 0.308. The van der Waals surface area contributed by atoms with Crippen LogP contribution >= 0.6 is 11.3 Å². The molecule has 0 spiro atoms. The number of methoxy groups -OCH3 is 3. The molecule has 0 N–H and O–H groups in total. The lowest BCUT2D eigenvalue weighted by Gasteiger charge is -2.17. The Labute approximate surface area is 184 Å². The van der Waals surface area contributed by atoms with Crippen LogP contribution in [0.3, 0.4) is 0 Å². The Morgan fingerprint density at radius 3 is 2.10 bits per heavy atom. The maximum Gasteiger partial charge on any atom is 0.357 e. The van der Waals surface area contributed by atoms with Crippen LogP contribution in [0.2, 0.25) is 0 Å². The van der Waals surface area contributed by atoms with Gasteiger partial charge < -0.3 is 19.1 Å². The number of hydrogen-bond acceptors (Lipinski definition) is 8. The molecule has 0 aliphatic heterocycles. The Balaban J connectivity index is 2.02. The molecule has 0 saturated heterocycles. The van der Waals surface area contributed by atoms with Gasteiger partial charge in [0.15, 0.2) is 10.8 Å². The van der Waals surface area contributed by atoms with Crippen LogP contribution in [-0.4, -0.2) is 45.3 Å². The van der Waals surface area contributed by atoms with Crippen LogP contribution in [0, 0.1) is 0 Å². The van der Waals surface area contributed by atoms with Crippen molar-refractivity contribution in [2.75, 3.05) is 33.3 Å². The molecule has 7 nitrogen and oxygen atoms in total. The van der Waals surface area contributed by atoms with Crippen molar-refractivity contribution >= 4 is 28.4 Å². The van der Waals surface area contributed by atoms with E-state index in [0.717, 1.165) is 28.0 Å². The lowest BCUT2D eigenvalue weighted by atomic mass is 10.0. The molecule has 0 amide bonds. The zero-order chi connectivity index (χ0) is 22.4. The summed E-state index contributed by atoms with van der Waals surface area (Å²) in [6, 6.07) is 17.7. The topological polar surface area (TPSA) is 78.0 Å². The highest BCUT2D eigenvalue weighted by Crippen LogP contribution is 2.35. The van der Waals surface area contributed by atoms with E-state index in [1.165, 1.54) is 32.5 Å². The van der Waals surface area contributed by atoms with Gasteiger partial charge in [-0.15, -0.1) is 0 Å². The van der Waals surface area contributed by atoms with Crippen molar-refractivity contribution in [1.29, 1.82) is 0 Å². The van der Waals surface area contributed by atoms with E-state index in [4.69, 9.17) is 14.2 Å². The smallest absolute Gasteiger partial charge is 0.357 e. The summed E-state index contributed by atoms with van der Waals surface area (Å²) >= 11 is 1.11. The second-order valence-electron chi connectivity index (χ2n) is 6.40. The largest absolute Gasteiger partial charge is 0.502 e. The van der Waals surface area contributed by atoms with Crippen molar-refractivity contribution in [3.05, 3.63) is 71.4 Å². The molecule has 8 heteroatoms. The normalized spacial score (nSPS) is 11.0. The highest BCUT2D eigenvalue weighted by molar-refractivity contribution is 7.18. The first-order valence-corrected chi connectivity index (χ1v) is 10.1. The van der Waals surface area contributed by atoms with Gasteiger partial charge in [-0.05, 0) is 11.1 Å². The number of nitrogens with zero attached hydrogens (tertiary/aromatic N) is 2. The maximum atomic E-state index is 12.4. The Morgan fingerprint density at radius 1 is 0.903 bits per heavy atom. The first-order chi connectivity index (χ1) is 15.0. The van der Waals surface area contributed by atoms with Crippen LogP contribution < -0.4 is 4.90 Å². The molecule has 0 saturated carbocycles. The van der Waals surface area contributed by atoms with E-state index >= 15 is 0 Å². The van der Waals surface area contributed by atoms with Gasteiger partial charge in [0.05, 0.1) is 27.0 Å². The van der Waals surface area contributed by atoms with Crippen molar-refractivity contribution < 1.29 is 23.8 Å². The van der Waals surface area contributed by atoms with E-state index in [2.05, 4.69) is 4.98 Å². The highest BCUT2D eigenvalue weighted by atomic mass is 32.1. The summed E-state index contributed by atoms with van der Waals surface area (Å²) in [6.07, 6.45) is 1.26. The van der Waals surface area contributed by atoms with Crippen LogP contribution in [0.25, 0.3) is 22.4 Å². The fourth-order valence-electron chi connectivity index (χ4n) is 2.91. The zero-order valence-corrected chi connectivity index (χ0v) is 18.4. The SMILES string of the molecule is COC=C(C(=O)OC)N(C)c1nc(-c2ccc(-c3ccccc3)cc2)c(C(=O)OC)s1. The van der Waals surface area contributed by atoms with Crippen LogP contribution in [0.5, 0.6) is 0 Å². The minimum atomic E-state index is -0.590. The molecule has 0 fully saturated rings. The van der Waals surface area contributed by atoms with Gasteiger partial charge in [-0.2, -0.15) is 0 Å². The van der Waals surface area contributed by atoms with Gasteiger partial charge in [0.1, 0.15) is 11.1 Å². The Bertz CT molecular complexity index is 1090. The number of carbonyl (C=O) groups excluding carboxylic acids is 2. The van der Waals surface area contributed by atoms with Crippen LogP contribution in [0.1, 0.15) is 9.67 Å². The summed E-state index contributed by atoms with van der Waals surface area (Å²) < 4.78 is 14.7. The molecule has 0 atom stereocenters. The zero-order valence-electron chi connectivity index (χ0n) is 17.6. The summed E-state index contributed by atoms with van der Waals surface area (Å²) in [7, 11) is 5.67.